The summed E-state index contributed by atoms with van der Waals surface area (Å²) in [7, 11) is -0.914. The van der Waals surface area contributed by atoms with Crippen molar-refractivity contribution in [1.82, 2.24) is 10.2 Å². The summed E-state index contributed by atoms with van der Waals surface area (Å²) >= 11 is 0. The number of hydrogen-bond acceptors (Lipinski definition) is 3. The second kappa shape index (κ2) is 6.90. The van der Waals surface area contributed by atoms with Gasteiger partial charge in [0.25, 0.3) is 0 Å². The highest BCUT2D eigenvalue weighted by Crippen LogP contribution is 2.33. The fourth-order valence-corrected chi connectivity index (χ4v) is 4.12. The van der Waals surface area contributed by atoms with Crippen LogP contribution in [0.4, 0.5) is 0 Å². The summed E-state index contributed by atoms with van der Waals surface area (Å²) < 4.78 is 11.7. The maximum atomic E-state index is 12.9. The van der Waals surface area contributed by atoms with Gasteiger partial charge in [-0.3, -0.25) is 13.8 Å². The number of piperazine rings is 1. The largest absolute Gasteiger partial charge is 0.340 e. The molecular weight excluding hydrogens is 288 g/mol. The van der Waals surface area contributed by atoms with E-state index in [1.165, 1.54) is 0 Å². The molecule has 0 aromatic rings. The van der Waals surface area contributed by atoms with Crippen LogP contribution >= 0.6 is 0 Å². The van der Waals surface area contributed by atoms with Gasteiger partial charge in [0.05, 0.1) is 0 Å². The molecule has 2 unspecified atom stereocenters. The van der Waals surface area contributed by atoms with Crippen molar-refractivity contribution < 1.29 is 13.8 Å². The Kier molecular flexibility index (Phi) is 5.41. The molecule has 1 saturated carbocycles. The molecule has 1 aliphatic carbocycles. The molecule has 0 bridgehead atoms. The maximum Gasteiger partial charge on any atom is 0.249 e. The molecule has 1 N–H and O–H groups in total. The van der Waals surface area contributed by atoms with E-state index in [1.807, 2.05) is 13.8 Å². The number of nitrogens with one attached hydrogen (secondary N) is 1. The van der Waals surface area contributed by atoms with E-state index in [2.05, 4.69) is 5.32 Å². The molecule has 1 saturated heterocycles. The summed E-state index contributed by atoms with van der Waals surface area (Å²) in [5, 5.41) is 3.01. The Morgan fingerprint density at radius 3 is 2.48 bits per heavy atom. The van der Waals surface area contributed by atoms with Crippen molar-refractivity contribution in [1.29, 1.82) is 0 Å². The molecule has 0 radical (unpaired) electrons. The topological polar surface area (TPSA) is 66.5 Å². The molecule has 2 atom stereocenters. The maximum absolute atomic E-state index is 12.9. The Labute approximate surface area is 129 Å². The van der Waals surface area contributed by atoms with Gasteiger partial charge in [0, 0.05) is 28.9 Å². The highest BCUT2D eigenvalue weighted by molar-refractivity contribution is 7.84. The second-order valence-electron chi connectivity index (χ2n) is 5.99. The van der Waals surface area contributed by atoms with Crippen LogP contribution in [0.25, 0.3) is 0 Å². The Balaban J connectivity index is 2.18. The van der Waals surface area contributed by atoms with Gasteiger partial charge in [-0.2, -0.15) is 0 Å². The lowest BCUT2D eigenvalue weighted by Crippen LogP contribution is -2.71. The van der Waals surface area contributed by atoms with Crippen molar-refractivity contribution in [2.75, 3.05) is 18.1 Å². The first-order chi connectivity index (χ1) is 10.0. The third-order valence-electron chi connectivity index (χ3n) is 4.69. The van der Waals surface area contributed by atoms with Crippen LogP contribution < -0.4 is 5.32 Å². The van der Waals surface area contributed by atoms with Gasteiger partial charge in [0.1, 0.15) is 11.6 Å². The quantitative estimate of drug-likeness (QED) is 0.829. The van der Waals surface area contributed by atoms with Gasteiger partial charge in [-0.15, -0.1) is 0 Å². The Bertz CT molecular complexity index is 433. The predicted molar refractivity (Wildman–Crippen MR) is 83.3 cm³/mol. The van der Waals surface area contributed by atoms with Crippen molar-refractivity contribution in [3.05, 3.63) is 0 Å². The van der Waals surface area contributed by atoms with Gasteiger partial charge in [-0.1, -0.05) is 33.1 Å². The van der Waals surface area contributed by atoms with E-state index in [0.29, 0.717) is 24.5 Å². The highest BCUT2D eigenvalue weighted by atomic mass is 32.2. The molecule has 1 aliphatic heterocycles. The number of carbonyl (C=O) groups is 2. The second-order valence-corrected chi connectivity index (χ2v) is 7.85. The lowest BCUT2D eigenvalue weighted by atomic mass is 9.78. The average molecular weight is 314 g/mol. The molecule has 2 aliphatic rings. The number of carbonyl (C=O) groups excluding carboxylic acids is 2. The number of nitrogens with zero attached hydrogens (tertiary/aromatic N) is 1. The molecule has 1 heterocycles. The van der Waals surface area contributed by atoms with E-state index >= 15 is 0 Å². The molecule has 21 heavy (non-hydrogen) atoms. The molecule has 6 heteroatoms. The lowest BCUT2D eigenvalue weighted by molar-refractivity contribution is -0.156. The molecule has 2 amide bonds. The summed E-state index contributed by atoms with van der Waals surface area (Å²) in [4.78, 5) is 27.0. The molecule has 0 aromatic heterocycles. The molecule has 120 valence electrons. The van der Waals surface area contributed by atoms with E-state index in [1.54, 1.807) is 4.90 Å². The van der Waals surface area contributed by atoms with Crippen LogP contribution in [-0.2, 0) is 20.4 Å². The number of amides is 2. The van der Waals surface area contributed by atoms with Gasteiger partial charge < -0.3 is 10.2 Å². The minimum Gasteiger partial charge on any atom is -0.340 e. The van der Waals surface area contributed by atoms with Crippen LogP contribution in [0.15, 0.2) is 0 Å². The van der Waals surface area contributed by atoms with Crippen LogP contribution in [-0.4, -0.2) is 50.6 Å². The van der Waals surface area contributed by atoms with Crippen LogP contribution in [0, 0.1) is 0 Å². The van der Waals surface area contributed by atoms with E-state index in [-0.39, 0.29) is 11.8 Å². The molecular formula is C15H26N2O3S. The molecule has 1 spiro atoms. The van der Waals surface area contributed by atoms with Crippen molar-refractivity contribution in [2.45, 2.75) is 64.0 Å². The van der Waals surface area contributed by atoms with E-state index in [0.717, 1.165) is 32.1 Å². The van der Waals surface area contributed by atoms with Crippen LogP contribution in [0.1, 0.15) is 52.4 Å². The predicted octanol–water partition coefficient (Wildman–Crippen LogP) is 1.19. The first-order valence-electron chi connectivity index (χ1n) is 8.02. The van der Waals surface area contributed by atoms with Gasteiger partial charge in [-0.25, -0.2) is 0 Å². The first-order valence-corrected chi connectivity index (χ1v) is 9.51. The fourth-order valence-electron chi connectivity index (χ4n) is 3.43. The van der Waals surface area contributed by atoms with E-state index < -0.39 is 22.4 Å². The van der Waals surface area contributed by atoms with Crippen molar-refractivity contribution in [2.24, 2.45) is 0 Å². The number of rotatable bonds is 5. The molecule has 5 nitrogen and oxygen atoms in total. The van der Waals surface area contributed by atoms with Gasteiger partial charge in [-0.05, 0) is 19.3 Å². The van der Waals surface area contributed by atoms with Crippen LogP contribution in [0.3, 0.4) is 0 Å². The Hall–Kier alpha value is -0.910. The minimum atomic E-state index is -0.914. The zero-order chi connectivity index (χ0) is 15.5. The zero-order valence-corrected chi connectivity index (χ0v) is 13.8. The van der Waals surface area contributed by atoms with E-state index in [4.69, 9.17) is 0 Å². The fraction of sp³-hybridized carbons (Fsp3) is 0.867. The summed E-state index contributed by atoms with van der Waals surface area (Å²) in [5.41, 5.74) is -0.686. The molecule has 2 rings (SSSR count). The standard InChI is InChI=1S/C15H26N2O3S/c1-3-12-13(18)16-15(8-6-5-7-9-15)14(19)17(12)10-11-21(20)4-2/h12H,3-11H2,1-2H3,(H,16,18). The summed E-state index contributed by atoms with van der Waals surface area (Å²) in [6.45, 7) is 4.22. The van der Waals surface area contributed by atoms with Crippen LogP contribution in [0.2, 0.25) is 0 Å². The van der Waals surface area contributed by atoms with Crippen molar-refractivity contribution in [3.63, 3.8) is 0 Å². The minimum absolute atomic E-state index is 0.0405. The monoisotopic (exact) mass is 314 g/mol. The van der Waals surface area contributed by atoms with Crippen molar-refractivity contribution >= 4 is 22.6 Å². The Morgan fingerprint density at radius 2 is 1.90 bits per heavy atom. The van der Waals surface area contributed by atoms with Crippen LogP contribution in [0.5, 0.6) is 0 Å². The third-order valence-corrected chi connectivity index (χ3v) is 5.97. The lowest BCUT2D eigenvalue weighted by Gasteiger charge is -2.47. The Morgan fingerprint density at radius 1 is 1.24 bits per heavy atom. The summed E-state index contributed by atoms with van der Waals surface area (Å²) in [5.74, 6) is 1.06. The summed E-state index contributed by atoms with van der Waals surface area (Å²) in [6.07, 6.45) is 5.17. The van der Waals surface area contributed by atoms with Crippen molar-refractivity contribution in [3.8, 4) is 0 Å². The smallest absolute Gasteiger partial charge is 0.249 e. The van der Waals surface area contributed by atoms with Gasteiger partial charge >= 0.3 is 0 Å². The SMILES string of the molecule is CCC1C(=O)NC2(CCCCC2)C(=O)N1CCS(=O)CC. The highest BCUT2D eigenvalue weighted by Gasteiger charge is 2.50. The zero-order valence-electron chi connectivity index (χ0n) is 13.0. The van der Waals surface area contributed by atoms with Gasteiger partial charge in [0.2, 0.25) is 11.8 Å². The third kappa shape index (κ3) is 3.30. The van der Waals surface area contributed by atoms with E-state index in [9.17, 15) is 13.8 Å². The molecule has 0 aromatic carbocycles. The summed E-state index contributed by atoms with van der Waals surface area (Å²) in [6, 6.07) is -0.404. The molecule has 2 fully saturated rings. The van der Waals surface area contributed by atoms with Gasteiger partial charge in [0.15, 0.2) is 0 Å². The number of hydrogen-bond donors (Lipinski definition) is 1. The normalized spacial score (nSPS) is 26.8. The average Bonchev–Trinajstić information content (AvgIpc) is 2.50. The first kappa shape index (κ1) is 16.5.